The van der Waals surface area contributed by atoms with Gasteiger partial charge in [0.05, 0.1) is 19.6 Å². The summed E-state index contributed by atoms with van der Waals surface area (Å²) in [4.78, 5) is 10.8. The highest BCUT2D eigenvalue weighted by molar-refractivity contribution is 5.70. The van der Waals surface area contributed by atoms with Gasteiger partial charge < -0.3 is 15.2 Å². The molecule has 0 unspecified atom stereocenters. The predicted octanol–water partition coefficient (Wildman–Crippen LogP) is -0.0867. The molecule has 0 aromatic carbocycles. The molecule has 0 fully saturated rings. The minimum absolute atomic E-state index is 0.224. The summed E-state index contributed by atoms with van der Waals surface area (Å²) in [6.07, 6.45) is 0.224. The van der Waals surface area contributed by atoms with Crippen molar-refractivity contribution in [3.8, 4) is 0 Å². The summed E-state index contributed by atoms with van der Waals surface area (Å²) in [6.45, 7) is 2.55. The zero-order chi connectivity index (χ0) is 8.69. The highest BCUT2D eigenvalue weighted by Crippen LogP contribution is 1.91. The molecule has 0 aromatic heterocycles. The Labute approximate surface area is 66.7 Å². The number of ether oxygens (including phenoxy) is 2. The average molecular weight is 161 g/mol. The topological polar surface area (TPSA) is 61.5 Å². The molecule has 1 atom stereocenters. The maximum Gasteiger partial charge on any atom is 0.307 e. The van der Waals surface area contributed by atoms with Crippen LogP contribution >= 0.6 is 0 Å². The molecule has 0 spiro atoms. The Balaban J connectivity index is 3.40. The normalized spacial score (nSPS) is 12.6. The summed E-state index contributed by atoms with van der Waals surface area (Å²) >= 11 is 0. The average Bonchev–Trinajstić information content (AvgIpc) is 1.87. The molecule has 11 heavy (non-hydrogen) atoms. The van der Waals surface area contributed by atoms with Gasteiger partial charge in [0.25, 0.3) is 0 Å². The van der Waals surface area contributed by atoms with Crippen LogP contribution in [0.5, 0.6) is 0 Å². The molecule has 2 N–H and O–H groups in total. The Bertz CT molecular complexity index is 116. The Morgan fingerprint density at radius 3 is 2.73 bits per heavy atom. The molecule has 66 valence electrons. The van der Waals surface area contributed by atoms with Gasteiger partial charge in [-0.1, -0.05) is 0 Å². The lowest BCUT2D eigenvalue weighted by Crippen LogP contribution is -2.29. The molecular formula is C7H15NO3. The predicted molar refractivity (Wildman–Crippen MR) is 41.1 cm³/mol. The number of rotatable bonds is 5. The highest BCUT2D eigenvalue weighted by atomic mass is 16.5. The number of esters is 1. The first kappa shape index (κ1) is 10.4. The molecule has 0 radical (unpaired) electrons. The molecule has 0 saturated carbocycles. The molecular weight excluding hydrogens is 146 g/mol. The minimum Gasteiger partial charge on any atom is -0.466 e. The van der Waals surface area contributed by atoms with Crippen molar-refractivity contribution in [2.24, 2.45) is 5.73 Å². The third-order valence-electron chi connectivity index (χ3n) is 1.11. The van der Waals surface area contributed by atoms with E-state index in [0.29, 0.717) is 13.2 Å². The number of methoxy groups -OCH3 is 1. The van der Waals surface area contributed by atoms with Gasteiger partial charge in [0, 0.05) is 13.2 Å². The van der Waals surface area contributed by atoms with Gasteiger partial charge in [0.1, 0.15) is 0 Å². The lowest BCUT2D eigenvalue weighted by Gasteiger charge is -2.08. The molecule has 0 heterocycles. The van der Waals surface area contributed by atoms with E-state index in [1.165, 1.54) is 0 Å². The van der Waals surface area contributed by atoms with Gasteiger partial charge >= 0.3 is 5.97 Å². The van der Waals surface area contributed by atoms with Gasteiger partial charge in [-0.15, -0.1) is 0 Å². The van der Waals surface area contributed by atoms with Crippen LogP contribution in [0.2, 0.25) is 0 Å². The lowest BCUT2D eigenvalue weighted by atomic mass is 10.2. The summed E-state index contributed by atoms with van der Waals surface area (Å²) in [7, 11) is 1.55. The molecule has 0 rings (SSSR count). The molecule has 0 aliphatic rings. The van der Waals surface area contributed by atoms with Gasteiger partial charge in [-0.25, -0.2) is 0 Å². The van der Waals surface area contributed by atoms with Crippen molar-refractivity contribution in [3.05, 3.63) is 0 Å². The van der Waals surface area contributed by atoms with Crippen molar-refractivity contribution in [1.82, 2.24) is 0 Å². The maximum atomic E-state index is 10.8. The van der Waals surface area contributed by atoms with E-state index in [1.807, 2.05) is 0 Å². The third kappa shape index (κ3) is 5.82. The van der Waals surface area contributed by atoms with Crippen molar-refractivity contribution in [3.63, 3.8) is 0 Å². The first-order valence-corrected chi connectivity index (χ1v) is 3.60. The molecule has 0 saturated heterocycles. The van der Waals surface area contributed by atoms with Crippen LogP contribution in [0.4, 0.5) is 0 Å². The smallest absolute Gasteiger partial charge is 0.307 e. The van der Waals surface area contributed by atoms with Crippen LogP contribution in [-0.2, 0) is 14.3 Å². The van der Waals surface area contributed by atoms with Gasteiger partial charge in [0.15, 0.2) is 0 Å². The molecule has 4 heteroatoms. The van der Waals surface area contributed by atoms with E-state index in [-0.39, 0.29) is 18.4 Å². The Kier molecular flexibility index (Phi) is 5.78. The molecule has 0 bridgehead atoms. The lowest BCUT2D eigenvalue weighted by molar-refractivity contribution is -0.143. The minimum atomic E-state index is -0.267. The first-order valence-electron chi connectivity index (χ1n) is 3.60. The largest absolute Gasteiger partial charge is 0.466 e. The number of carbonyl (C=O) groups excluding carboxylic acids is 1. The molecule has 0 aliphatic carbocycles. The van der Waals surface area contributed by atoms with E-state index in [1.54, 1.807) is 14.0 Å². The van der Waals surface area contributed by atoms with Crippen molar-refractivity contribution in [2.45, 2.75) is 19.4 Å². The van der Waals surface area contributed by atoms with E-state index in [9.17, 15) is 4.79 Å². The van der Waals surface area contributed by atoms with Crippen LogP contribution in [0.3, 0.4) is 0 Å². The van der Waals surface area contributed by atoms with Crippen molar-refractivity contribution in [2.75, 3.05) is 20.3 Å². The fourth-order valence-electron chi connectivity index (χ4n) is 0.707. The third-order valence-corrected chi connectivity index (χ3v) is 1.11. The number of hydrogen-bond donors (Lipinski definition) is 1. The quantitative estimate of drug-likeness (QED) is 0.572. The summed E-state index contributed by atoms with van der Waals surface area (Å²) in [5.41, 5.74) is 5.49. The Morgan fingerprint density at radius 1 is 1.64 bits per heavy atom. The molecule has 0 amide bonds. The SMILES string of the molecule is CCOC(=O)C[C@@H](N)COC. The second kappa shape index (κ2) is 6.12. The Morgan fingerprint density at radius 2 is 2.27 bits per heavy atom. The van der Waals surface area contributed by atoms with Crippen LogP contribution in [0.1, 0.15) is 13.3 Å². The molecule has 0 aromatic rings. The fraction of sp³-hybridized carbons (Fsp3) is 0.857. The zero-order valence-corrected chi connectivity index (χ0v) is 7.00. The number of nitrogens with two attached hydrogens (primary N) is 1. The summed E-state index contributed by atoms with van der Waals surface area (Å²) in [5, 5.41) is 0. The van der Waals surface area contributed by atoms with Crippen LogP contribution in [0.15, 0.2) is 0 Å². The second-order valence-electron chi connectivity index (χ2n) is 2.22. The van der Waals surface area contributed by atoms with Gasteiger partial charge in [-0.05, 0) is 6.92 Å². The second-order valence-corrected chi connectivity index (χ2v) is 2.22. The monoisotopic (exact) mass is 161 g/mol. The van der Waals surface area contributed by atoms with E-state index in [0.717, 1.165) is 0 Å². The van der Waals surface area contributed by atoms with Gasteiger partial charge in [0.2, 0.25) is 0 Å². The standard InChI is InChI=1S/C7H15NO3/c1-3-11-7(9)4-6(8)5-10-2/h6H,3-5,8H2,1-2H3/t6-/m1/s1. The summed E-state index contributed by atoms with van der Waals surface area (Å²) < 4.78 is 9.43. The summed E-state index contributed by atoms with van der Waals surface area (Å²) in [5.74, 6) is -0.267. The van der Waals surface area contributed by atoms with Crippen molar-refractivity contribution >= 4 is 5.97 Å². The Hall–Kier alpha value is -0.610. The summed E-state index contributed by atoms with van der Waals surface area (Å²) in [6, 6.07) is -0.251. The first-order chi connectivity index (χ1) is 5.20. The highest BCUT2D eigenvalue weighted by Gasteiger charge is 2.08. The van der Waals surface area contributed by atoms with Crippen molar-refractivity contribution in [1.29, 1.82) is 0 Å². The fourth-order valence-corrected chi connectivity index (χ4v) is 0.707. The molecule has 4 nitrogen and oxygen atoms in total. The van der Waals surface area contributed by atoms with Gasteiger partial charge in [-0.3, -0.25) is 4.79 Å². The van der Waals surface area contributed by atoms with Crippen molar-refractivity contribution < 1.29 is 14.3 Å². The maximum absolute atomic E-state index is 10.8. The van der Waals surface area contributed by atoms with E-state index >= 15 is 0 Å². The van der Waals surface area contributed by atoms with E-state index in [4.69, 9.17) is 10.5 Å². The van der Waals surface area contributed by atoms with E-state index < -0.39 is 0 Å². The zero-order valence-electron chi connectivity index (χ0n) is 7.00. The van der Waals surface area contributed by atoms with E-state index in [2.05, 4.69) is 4.74 Å². The number of carbonyl (C=O) groups is 1. The number of hydrogen-bond acceptors (Lipinski definition) is 4. The van der Waals surface area contributed by atoms with Crippen LogP contribution < -0.4 is 5.73 Å². The van der Waals surface area contributed by atoms with Crippen LogP contribution in [-0.4, -0.2) is 32.3 Å². The van der Waals surface area contributed by atoms with Crippen LogP contribution in [0, 0.1) is 0 Å². The van der Waals surface area contributed by atoms with Crippen LogP contribution in [0.25, 0.3) is 0 Å². The molecule has 0 aliphatic heterocycles. The van der Waals surface area contributed by atoms with Gasteiger partial charge in [-0.2, -0.15) is 0 Å².